The molecule has 0 aliphatic carbocycles. The van der Waals surface area contributed by atoms with E-state index in [1.807, 2.05) is 19.1 Å². The molecule has 0 saturated carbocycles. The Kier molecular flexibility index (Phi) is 6.21. The predicted octanol–water partition coefficient (Wildman–Crippen LogP) is 3.74. The molecular weight excluding hydrogens is 411 g/mol. The van der Waals surface area contributed by atoms with Gasteiger partial charge >= 0.3 is 0 Å². The molecule has 2 heterocycles. The summed E-state index contributed by atoms with van der Waals surface area (Å²) in [6, 6.07) is 14.7. The largest absolute Gasteiger partial charge is 0.439 e. The van der Waals surface area contributed by atoms with Crippen LogP contribution < -0.4 is 15.6 Å². The molecule has 8 heteroatoms. The molecule has 32 heavy (non-hydrogen) atoms. The zero-order chi connectivity index (χ0) is 22.5. The number of nitrogens with zero attached hydrogens (tertiary/aromatic N) is 3. The number of carbonyl (C=O) groups excluding carboxylic acids is 1. The third kappa shape index (κ3) is 4.97. The van der Waals surface area contributed by atoms with Crippen molar-refractivity contribution in [3.63, 3.8) is 0 Å². The summed E-state index contributed by atoms with van der Waals surface area (Å²) in [6.07, 6.45) is 3.20. The molecule has 2 aromatic heterocycles. The van der Waals surface area contributed by atoms with Crippen LogP contribution in [0.2, 0.25) is 0 Å². The number of ether oxygens (including phenoxy) is 1. The Morgan fingerprint density at radius 2 is 1.97 bits per heavy atom. The third-order valence-corrected chi connectivity index (χ3v) is 4.94. The maximum Gasteiger partial charge on any atom is 0.261 e. The molecule has 0 unspecified atom stereocenters. The highest BCUT2D eigenvalue weighted by Gasteiger charge is 2.08. The van der Waals surface area contributed by atoms with Crippen LogP contribution in [0.3, 0.4) is 0 Å². The van der Waals surface area contributed by atoms with Crippen LogP contribution in [0.1, 0.15) is 17.5 Å². The number of aromatic nitrogens is 3. The van der Waals surface area contributed by atoms with Gasteiger partial charge in [-0.1, -0.05) is 24.3 Å². The molecule has 1 amide bonds. The molecule has 0 spiro atoms. The molecule has 4 rings (SSSR count). The number of pyridine rings is 1. The van der Waals surface area contributed by atoms with E-state index in [1.165, 1.54) is 23.0 Å². The number of hydrogen-bond donors (Lipinski definition) is 1. The van der Waals surface area contributed by atoms with Crippen molar-refractivity contribution in [3.8, 4) is 11.6 Å². The minimum absolute atomic E-state index is 0.146. The normalized spacial score (nSPS) is 10.8. The molecule has 0 aliphatic rings. The first kappa shape index (κ1) is 21.2. The molecule has 0 saturated heterocycles. The average Bonchev–Trinajstić information content (AvgIpc) is 2.79. The number of para-hydroxylation sites is 1. The minimum atomic E-state index is -0.390. The monoisotopic (exact) mass is 432 g/mol. The second-order valence-electron chi connectivity index (χ2n) is 7.31. The number of fused-ring (bicyclic) bond motifs is 1. The number of carbonyl (C=O) groups is 1. The van der Waals surface area contributed by atoms with Gasteiger partial charge < -0.3 is 10.1 Å². The Morgan fingerprint density at radius 3 is 2.75 bits per heavy atom. The predicted molar refractivity (Wildman–Crippen MR) is 118 cm³/mol. The van der Waals surface area contributed by atoms with E-state index in [1.54, 1.807) is 36.5 Å². The molecule has 4 aromatic rings. The van der Waals surface area contributed by atoms with E-state index in [0.717, 1.165) is 11.1 Å². The lowest BCUT2D eigenvalue weighted by atomic mass is 10.1. The Balaban J connectivity index is 1.30. The topological polar surface area (TPSA) is 86.1 Å². The number of hydrogen-bond acceptors (Lipinski definition) is 5. The Morgan fingerprint density at radius 1 is 1.12 bits per heavy atom. The number of aryl methyl sites for hydroxylation is 2. The zero-order valence-electron chi connectivity index (χ0n) is 17.4. The lowest BCUT2D eigenvalue weighted by Crippen LogP contribution is -2.27. The van der Waals surface area contributed by atoms with Gasteiger partial charge in [0.15, 0.2) is 0 Å². The number of rotatable bonds is 7. The fraction of sp³-hybridized carbons (Fsp3) is 0.167. The second kappa shape index (κ2) is 9.38. The van der Waals surface area contributed by atoms with Crippen LogP contribution in [-0.4, -0.2) is 20.4 Å². The van der Waals surface area contributed by atoms with Crippen molar-refractivity contribution in [2.24, 2.45) is 0 Å². The van der Waals surface area contributed by atoms with Crippen LogP contribution in [0.25, 0.3) is 10.9 Å². The first-order valence-electron chi connectivity index (χ1n) is 10.1. The molecule has 0 bridgehead atoms. The summed E-state index contributed by atoms with van der Waals surface area (Å²) in [4.78, 5) is 33.4. The van der Waals surface area contributed by atoms with E-state index in [9.17, 15) is 14.0 Å². The fourth-order valence-electron chi connectivity index (χ4n) is 3.23. The second-order valence-corrected chi connectivity index (χ2v) is 7.31. The van der Waals surface area contributed by atoms with Crippen molar-refractivity contribution in [1.82, 2.24) is 19.9 Å². The quantitative estimate of drug-likeness (QED) is 0.481. The first-order valence-corrected chi connectivity index (χ1v) is 10.1. The molecule has 2 aromatic carbocycles. The highest BCUT2D eigenvalue weighted by atomic mass is 19.1. The number of benzene rings is 2. The summed E-state index contributed by atoms with van der Waals surface area (Å²) in [5, 5.41) is 3.35. The van der Waals surface area contributed by atoms with Crippen LogP contribution >= 0.6 is 0 Å². The van der Waals surface area contributed by atoms with Gasteiger partial charge in [-0.3, -0.25) is 14.2 Å². The fourth-order valence-corrected chi connectivity index (χ4v) is 3.23. The van der Waals surface area contributed by atoms with E-state index < -0.39 is 5.82 Å². The molecule has 0 radical (unpaired) electrons. The van der Waals surface area contributed by atoms with Crippen molar-refractivity contribution < 1.29 is 13.9 Å². The average molecular weight is 432 g/mol. The minimum Gasteiger partial charge on any atom is -0.439 e. The summed E-state index contributed by atoms with van der Waals surface area (Å²) < 4.78 is 20.2. The molecule has 7 nitrogen and oxygen atoms in total. The van der Waals surface area contributed by atoms with Crippen molar-refractivity contribution in [3.05, 3.63) is 94.4 Å². The van der Waals surface area contributed by atoms with Crippen LogP contribution in [0.15, 0.2) is 71.9 Å². The van der Waals surface area contributed by atoms with Crippen LogP contribution in [-0.2, 0) is 17.9 Å². The molecular formula is C24H21FN4O3. The van der Waals surface area contributed by atoms with E-state index in [0.29, 0.717) is 22.5 Å². The maximum absolute atomic E-state index is 13.2. The van der Waals surface area contributed by atoms with E-state index in [2.05, 4.69) is 15.3 Å². The van der Waals surface area contributed by atoms with Gasteiger partial charge in [0.05, 0.1) is 17.2 Å². The number of amides is 1. The van der Waals surface area contributed by atoms with Gasteiger partial charge in [-0.25, -0.2) is 14.4 Å². The first-order chi connectivity index (χ1) is 15.5. The molecule has 162 valence electrons. The summed E-state index contributed by atoms with van der Waals surface area (Å²) >= 11 is 0. The molecule has 0 fully saturated rings. The molecule has 0 atom stereocenters. The standard InChI is InChI=1S/C24H21FN4O3/c1-16-4-2-7-20-23(16)28-15-29(24(20)31)11-10-21(30)26-13-17-8-9-22(27-14-17)32-19-6-3-5-18(25)12-19/h2-9,12,14-15H,10-11,13H2,1H3,(H,26,30). The van der Waals surface area contributed by atoms with Crippen molar-refractivity contribution in [2.45, 2.75) is 26.4 Å². The highest BCUT2D eigenvalue weighted by Crippen LogP contribution is 2.20. The smallest absolute Gasteiger partial charge is 0.261 e. The Bertz CT molecular complexity index is 1320. The van der Waals surface area contributed by atoms with Crippen LogP contribution in [0, 0.1) is 12.7 Å². The Labute approximate surface area is 183 Å². The van der Waals surface area contributed by atoms with Gasteiger partial charge in [-0.2, -0.15) is 0 Å². The maximum atomic E-state index is 13.2. The van der Waals surface area contributed by atoms with E-state index in [4.69, 9.17) is 4.74 Å². The highest BCUT2D eigenvalue weighted by molar-refractivity contribution is 5.80. The van der Waals surface area contributed by atoms with Crippen LogP contribution in [0.5, 0.6) is 11.6 Å². The molecule has 0 aliphatic heterocycles. The van der Waals surface area contributed by atoms with Crippen molar-refractivity contribution in [2.75, 3.05) is 0 Å². The third-order valence-electron chi connectivity index (χ3n) is 4.94. The van der Waals surface area contributed by atoms with E-state index >= 15 is 0 Å². The lowest BCUT2D eigenvalue weighted by Gasteiger charge is -2.09. The Hall–Kier alpha value is -4.07. The summed E-state index contributed by atoms with van der Waals surface area (Å²) in [5.74, 6) is 0.0937. The van der Waals surface area contributed by atoms with Crippen LogP contribution in [0.4, 0.5) is 4.39 Å². The van der Waals surface area contributed by atoms with E-state index in [-0.39, 0.29) is 31.0 Å². The summed E-state index contributed by atoms with van der Waals surface area (Å²) in [7, 11) is 0. The molecule has 1 N–H and O–H groups in total. The number of halogens is 1. The van der Waals surface area contributed by atoms with Gasteiger partial charge in [-0.15, -0.1) is 0 Å². The van der Waals surface area contributed by atoms with Gasteiger partial charge in [0.25, 0.3) is 5.56 Å². The van der Waals surface area contributed by atoms with Crippen molar-refractivity contribution >= 4 is 16.8 Å². The number of nitrogens with one attached hydrogen (secondary N) is 1. The lowest BCUT2D eigenvalue weighted by molar-refractivity contribution is -0.121. The van der Waals surface area contributed by atoms with Gasteiger partial charge in [0, 0.05) is 37.8 Å². The van der Waals surface area contributed by atoms with Crippen molar-refractivity contribution in [1.29, 1.82) is 0 Å². The summed E-state index contributed by atoms with van der Waals surface area (Å²) in [5.41, 5.74) is 2.23. The SMILES string of the molecule is Cc1cccc2c(=O)n(CCC(=O)NCc3ccc(Oc4cccc(F)c4)nc3)cnc12. The zero-order valence-corrected chi connectivity index (χ0v) is 17.4. The summed E-state index contributed by atoms with van der Waals surface area (Å²) in [6.45, 7) is 2.43. The van der Waals surface area contributed by atoms with Gasteiger partial charge in [0.1, 0.15) is 11.6 Å². The van der Waals surface area contributed by atoms with Gasteiger partial charge in [0.2, 0.25) is 11.8 Å². The van der Waals surface area contributed by atoms with Gasteiger partial charge in [-0.05, 0) is 36.2 Å².